The molecule has 1 aliphatic rings. The maximum Gasteiger partial charge on any atom is 0.328 e. The van der Waals surface area contributed by atoms with Gasteiger partial charge in [-0.25, -0.2) is 9.89 Å². The molecular weight excluding hydrogens is 462 g/mol. The van der Waals surface area contributed by atoms with Crippen LogP contribution in [-0.4, -0.2) is 34.7 Å². The van der Waals surface area contributed by atoms with Crippen molar-refractivity contribution < 1.29 is 0 Å². The molecule has 8 nitrogen and oxygen atoms in total. The van der Waals surface area contributed by atoms with Gasteiger partial charge in [0.15, 0.2) is 5.82 Å². The van der Waals surface area contributed by atoms with E-state index in [9.17, 15) is 4.79 Å². The van der Waals surface area contributed by atoms with Crippen LogP contribution in [0.15, 0.2) is 47.4 Å². The van der Waals surface area contributed by atoms with Gasteiger partial charge in [0.05, 0.1) is 12.2 Å². The topological polar surface area (TPSA) is 94.3 Å². The fourth-order valence-corrected chi connectivity index (χ4v) is 5.67. The molecule has 3 heterocycles. The van der Waals surface area contributed by atoms with Gasteiger partial charge in [-0.3, -0.25) is 14.1 Å². The molecule has 0 atom stereocenters. The Hall–Kier alpha value is -3.55. The van der Waals surface area contributed by atoms with Crippen molar-refractivity contribution in [2.45, 2.75) is 84.7 Å². The molecule has 5 rings (SSSR count). The number of tetrazole rings is 1. The first kappa shape index (κ1) is 25.1. The molecule has 0 aliphatic heterocycles. The van der Waals surface area contributed by atoms with Gasteiger partial charge in [0.2, 0.25) is 0 Å². The molecule has 0 amide bonds. The highest BCUT2D eigenvalue weighted by atomic mass is 16.1. The summed E-state index contributed by atoms with van der Waals surface area (Å²) in [5, 5.41) is 14.3. The zero-order valence-electron chi connectivity index (χ0n) is 22.0. The maximum absolute atomic E-state index is 13.7. The largest absolute Gasteiger partial charge is 0.328 e. The predicted molar refractivity (Wildman–Crippen MR) is 145 cm³/mol. The van der Waals surface area contributed by atoms with Gasteiger partial charge in [-0.15, -0.1) is 5.10 Å². The van der Waals surface area contributed by atoms with Crippen LogP contribution in [0.3, 0.4) is 0 Å². The van der Waals surface area contributed by atoms with Crippen LogP contribution in [0.2, 0.25) is 0 Å². The van der Waals surface area contributed by atoms with E-state index in [0.29, 0.717) is 18.3 Å². The number of aromatic amines is 1. The molecule has 0 radical (unpaired) electrons. The van der Waals surface area contributed by atoms with E-state index in [4.69, 9.17) is 4.98 Å². The van der Waals surface area contributed by atoms with Crippen molar-refractivity contribution in [1.29, 1.82) is 0 Å². The van der Waals surface area contributed by atoms with Crippen molar-refractivity contribution in [3.8, 4) is 22.5 Å². The number of aromatic nitrogens is 7. The molecule has 0 bridgehead atoms. The Morgan fingerprint density at radius 3 is 2.51 bits per heavy atom. The minimum Gasteiger partial charge on any atom is -0.296 e. The van der Waals surface area contributed by atoms with E-state index >= 15 is 0 Å². The summed E-state index contributed by atoms with van der Waals surface area (Å²) in [6.07, 6.45) is 12.6. The Kier molecular flexibility index (Phi) is 7.92. The standard InChI is InChI=1S/C29H37N7O/c1-3-4-6-15-27-21(2)35(19-22-11-7-5-8-12-22)29(37)36(27)20-24-17-16-23(18-30-24)25-13-9-10-14-26(25)28-31-33-34-32-28/h9-10,13-14,16-18,22H,3-8,11-12,15,19-20H2,1-2H3,(H,31,32,33,34). The van der Waals surface area contributed by atoms with Crippen molar-refractivity contribution in [3.63, 3.8) is 0 Å². The SMILES string of the molecule is CCCCCc1c(C)n(CC2CCCCC2)c(=O)n1Cc1ccc(-c2ccccc2-c2nnn[nH]2)cn1. The Morgan fingerprint density at radius 1 is 1.00 bits per heavy atom. The number of H-pyrrole nitrogens is 1. The van der Waals surface area contributed by atoms with Crippen molar-refractivity contribution in [2.24, 2.45) is 5.92 Å². The van der Waals surface area contributed by atoms with Crippen LogP contribution in [0.25, 0.3) is 22.5 Å². The zero-order chi connectivity index (χ0) is 25.6. The van der Waals surface area contributed by atoms with Crippen LogP contribution < -0.4 is 5.69 Å². The van der Waals surface area contributed by atoms with E-state index in [1.165, 1.54) is 50.6 Å². The summed E-state index contributed by atoms with van der Waals surface area (Å²) in [6.45, 7) is 5.69. The van der Waals surface area contributed by atoms with Gasteiger partial charge in [-0.1, -0.05) is 69.4 Å². The lowest BCUT2D eigenvalue weighted by Gasteiger charge is -2.22. The molecular formula is C29H37N7O. The van der Waals surface area contributed by atoms with Gasteiger partial charge in [0, 0.05) is 35.3 Å². The summed E-state index contributed by atoms with van der Waals surface area (Å²) >= 11 is 0. The smallest absolute Gasteiger partial charge is 0.296 e. The molecule has 3 aromatic heterocycles. The summed E-state index contributed by atoms with van der Waals surface area (Å²) in [5.41, 5.74) is 6.22. The van der Waals surface area contributed by atoms with Gasteiger partial charge in [-0.2, -0.15) is 0 Å². The molecule has 0 spiro atoms. The molecule has 4 aromatic rings. The van der Waals surface area contributed by atoms with E-state index in [1.807, 2.05) is 45.7 Å². The molecule has 0 saturated heterocycles. The summed E-state index contributed by atoms with van der Waals surface area (Å²) in [7, 11) is 0. The fraction of sp³-hybridized carbons (Fsp3) is 0.483. The molecule has 0 unspecified atom stereocenters. The molecule has 1 aromatic carbocycles. The average molecular weight is 500 g/mol. The number of benzene rings is 1. The van der Waals surface area contributed by atoms with E-state index in [1.54, 1.807) is 0 Å². The van der Waals surface area contributed by atoms with Crippen LogP contribution in [0.5, 0.6) is 0 Å². The summed E-state index contributed by atoms with van der Waals surface area (Å²) in [5.74, 6) is 1.24. The second-order valence-corrected chi connectivity index (χ2v) is 10.3. The van der Waals surface area contributed by atoms with E-state index in [-0.39, 0.29) is 5.69 Å². The first-order valence-electron chi connectivity index (χ1n) is 13.7. The monoisotopic (exact) mass is 499 g/mol. The number of hydrogen-bond acceptors (Lipinski definition) is 5. The maximum atomic E-state index is 13.7. The van der Waals surface area contributed by atoms with Gasteiger partial charge in [0.25, 0.3) is 0 Å². The second kappa shape index (κ2) is 11.7. The molecule has 1 saturated carbocycles. The van der Waals surface area contributed by atoms with Gasteiger partial charge in [0.1, 0.15) is 0 Å². The molecule has 1 fully saturated rings. The summed E-state index contributed by atoms with van der Waals surface area (Å²) in [6, 6.07) is 12.1. The van der Waals surface area contributed by atoms with Gasteiger partial charge in [-0.05, 0) is 60.6 Å². The van der Waals surface area contributed by atoms with Crippen LogP contribution in [0.1, 0.15) is 75.4 Å². The summed E-state index contributed by atoms with van der Waals surface area (Å²) < 4.78 is 4.03. The highest BCUT2D eigenvalue weighted by Gasteiger charge is 2.21. The number of nitrogens with zero attached hydrogens (tertiary/aromatic N) is 6. The third-order valence-electron chi connectivity index (χ3n) is 7.78. The number of hydrogen-bond donors (Lipinski definition) is 1. The number of rotatable bonds is 10. The Balaban J connectivity index is 1.42. The summed E-state index contributed by atoms with van der Waals surface area (Å²) in [4.78, 5) is 18.4. The Labute approximate surface area is 218 Å². The van der Waals surface area contributed by atoms with Crippen LogP contribution in [0.4, 0.5) is 0 Å². The van der Waals surface area contributed by atoms with Gasteiger partial charge >= 0.3 is 5.69 Å². The van der Waals surface area contributed by atoms with E-state index in [2.05, 4.69) is 40.5 Å². The lowest BCUT2D eigenvalue weighted by atomic mass is 9.89. The Morgan fingerprint density at radius 2 is 1.81 bits per heavy atom. The van der Waals surface area contributed by atoms with Crippen molar-refractivity contribution in [3.05, 3.63) is 70.2 Å². The lowest BCUT2D eigenvalue weighted by Crippen LogP contribution is -2.29. The van der Waals surface area contributed by atoms with Crippen LogP contribution in [0, 0.1) is 12.8 Å². The molecule has 1 aliphatic carbocycles. The normalized spacial score (nSPS) is 14.3. The van der Waals surface area contributed by atoms with Crippen LogP contribution in [-0.2, 0) is 19.5 Å². The number of pyridine rings is 1. The molecule has 1 N–H and O–H groups in total. The molecule has 37 heavy (non-hydrogen) atoms. The lowest BCUT2D eigenvalue weighted by molar-refractivity contribution is 0.313. The predicted octanol–water partition coefficient (Wildman–Crippen LogP) is 5.56. The Bertz CT molecular complexity index is 1350. The average Bonchev–Trinajstić information content (AvgIpc) is 3.55. The highest BCUT2D eigenvalue weighted by molar-refractivity contribution is 5.79. The first-order valence-corrected chi connectivity index (χ1v) is 13.7. The van der Waals surface area contributed by atoms with E-state index < -0.39 is 0 Å². The van der Waals surface area contributed by atoms with Gasteiger partial charge < -0.3 is 0 Å². The van der Waals surface area contributed by atoms with Crippen molar-refractivity contribution >= 4 is 0 Å². The fourth-order valence-electron chi connectivity index (χ4n) is 5.67. The van der Waals surface area contributed by atoms with Crippen molar-refractivity contribution in [2.75, 3.05) is 0 Å². The third-order valence-corrected chi connectivity index (χ3v) is 7.78. The zero-order valence-corrected chi connectivity index (χ0v) is 22.0. The van der Waals surface area contributed by atoms with E-state index in [0.717, 1.165) is 47.5 Å². The highest BCUT2D eigenvalue weighted by Crippen LogP contribution is 2.29. The number of unbranched alkanes of at least 4 members (excludes halogenated alkanes) is 2. The molecule has 194 valence electrons. The second-order valence-electron chi connectivity index (χ2n) is 10.3. The first-order chi connectivity index (χ1) is 18.2. The third kappa shape index (κ3) is 5.58. The quantitative estimate of drug-likeness (QED) is 0.288. The van der Waals surface area contributed by atoms with Crippen molar-refractivity contribution in [1.82, 2.24) is 34.7 Å². The minimum absolute atomic E-state index is 0.114. The molecule has 8 heteroatoms. The van der Waals surface area contributed by atoms with Crippen LogP contribution >= 0.6 is 0 Å². The number of imidazole rings is 1. The minimum atomic E-state index is 0.114. The number of nitrogens with one attached hydrogen (secondary N) is 1.